The van der Waals surface area contributed by atoms with E-state index in [9.17, 15) is 8.78 Å². The summed E-state index contributed by atoms with van der Waals surface area (Å²) >= 11 is 6.24. The zero-order valence-electron chi connectivity index (χ0n) is 15.8. The normalized spacial score (nSPS) is 18.6. The van der Waals surface area contributed by atoms with Crippen LogP contribution in [0.4, 0.5) is 14.6 Å². The van der Waals surface area contributed by atoms with Crippen LogP contribution in [0.2, 0.25) is 5.02 Å². The molecule has 1 fully saturated rings. The molecule has 1 unspecified atom stereocenters. The van der Waals surface area contributed by atoms with Gasteiger partial charge in [0, 0.05) is 44.0 Å². The first-order chi connectivity index (χ1) is 14.0. The number of piperidine rings is 1. The number of methoxy groups -OCH3 is 1. The minimum atomic E-state index is -2.72. The van der Waals surface area contributed by atoms with Crippen LogP contribution in [-0.4, -0.2) is 47.6 Å². The quantitative estimate of drug-likeness (QED) is 0.651. The van der Waals surface area contributed by atoms with Crippen molar-refractivity contribution in [2.45, 2.75) is 12.3 Å². The zero-order valence-corrected chi connectivity index (χ0v) is 16.5. The topological polar surface area (TPSA) is 72.0 Å². The number of benzene rings is 1. The molecule has 29 heavy (non-hydrogen) atoms. The number of halogens is 3. The molecular weight excluding hydrogens is 400 g/mol. The minimum Gasteiger partial charge on any atom is -0.495 e. The number of aromatic nitrogens is 3. The second-order valence-electron chi connectivity index (χ2n) is 6.92. The van der Waals surface area contributed by atoms with Crippen molar-refractivity contribution >= 4 is 28.5 Å². The van der Waals surface area contributed by atoms with Crippen molar-refractivity contribution in [1.82, 2.24) is 20.3 Å². The molecule has 1 aliphatic rings. The van der Waals surface area contributed by atoms with Gasteiger partial charge in [0.25, 0.3) is 5.92 Å². The van der Waals surface area contributed by atoms with Gasteiger partial charge in [0.1, 0.15) is 11.3 Å². The molecule has 1 atom stereocenters. The molecule has 3 aromatic rings. The van der Waals surface area contributed by atoms with Gasteiger partial charge < -0.3 is 15.4 Å². The van der Waals surface area contributed by atoms with Crippen molar-refractivity contribution in [3.8, 4) is 17.0 Å². The van der Waals surface area contributed by atoms with Gasteiger partial charge in [0.15, 0.2) is 5.82 Å². The summed E-state index contributed by atoms with van der Waals surface area (Å²) in [4.78, 5) is 13.3. The molecule has 1 saturated heterocycles. The third-order valence-corrected chi connectivity index (χ3v) is 5.34. The van der Waals surface area contributed by atoms with E-state index in [4.69, 9.17) is 16.3 Å². The second kappa shape index (κ2) is 8.04. The van der Waals surface area contributed by atoms with Crippen LogP contribution in [0.25, 0.3) is 22.3 Å². The monoisotopic (exact) mass is 419 g/mol. The Kier molecular flexibility index (Phi) is 5.47. The highest BCUT2D eigenvalue weighted by Crippen LogP contribution is 2.33. The van der Waals surface area contributed by atoms with E-state index >= 15 is 0 Å². The zero-order chi connectivity index (χ0) is 20.4. The molecule has 0 spiro atoms. The Balaban J connectivity index is 1.68. The Bertz CT molecular complexity index is 1030. The van der Waals surface area contributed by atoms with Gasteiger partial charge in [-0.15, -0.1) is 0 Å². The molecule has 0 aliphatic carbocycles. The summed E-state index contributed by atoms with van der Waals surface area (Å²) in [5, 5.41) is 6.54. The van der Waals surface area contributed by atoms with Crippen LogP contribution in [0.3, 0.4) is 0 Å². The molecule has 0 amide bonds. The molecule has 0 saturated carbocycles. The summed E-state index contributed by atoms with van der Waals surface area (Å²) < 4.78 is 33.6. The van der Waals surface area contributed by atoms with E-state index in [0.717, 1.165) is 5.56 Å². The van der Waals surface area contributed by atoms with Crippen molar-refractivity contribution in [1.29, 1.82) is 0 Å². The fourth-order valence-corrected chi connectivity index (χ4v) is 3.65. The van der Waals surface area contributed by atoms with E-state index in [-0.39, 0.29) is 19.5 Å². The maximum absolute atomic E-state index is 14.2. The molecular formula is C20H20ClF2N5O. The highest BCUT2D eigenvalue weighted by Gasteiger charge is 2.41. The van der Waals surface area contributed by atoms with Crippen LogP contribution in [0.1, 0.15) is 6.42 Å². The lowest BCUT2D eigenvalue weighted by molar-refractivity contribution is -0.0728. The third kappa shape index (κ3) is 4.09. The van der Waals surface area contributed by atoms with E-state index in [1.807, 2.05) is 6.07 Å². The van der Waals surface area contributed by atoms with Gasteiger partial charge in [-0.3, -0.25) is 4.98 Å². The van der Waals surface area contributed by atoms with Gasteiger partial charge in [0.2, 0.25) is 0 Å². The lowest BCUT2D eigenvalue weighted by atomic mass is 9.95. The lowest BCUT2D eigenvalue weighted by Gasteiger charge is -2.32. The predicted molar refractivity (Wildman–Crippen MR) is 109 cm³/mol. The maximum Gasteiger partial charge on any atom is 0.255 e. The molecule has 9 heteroatoms. The Labute approximate surface area is 171 Å². The first-order valence-corrected chi connectivity index (χ1v) is 9.64. The van der Waals surface area contributed by atoms with Gasteiger partial charge in [-0.25, -0.2) is 18.7 Å². The number of fused-ring (bicyclic) bond motifs is 1. The predicted octanol–water partition coefficient (Wildman–Crippen LogP) is 4.01. The first kappa shape index (κ1) is 19.7. The number of anilines is 1. The van der Waals surface area contributed by atoms with E-state index in [0.29, 0.717) is 39.9 Å². The Hall–Kier alpha value is -2.58. The summed E-state index contributed by atoms with van der Waals surface area (Å²) in [6, 6.07) is 7.12. The van der Waals surface area contributed by atoms with E-state index < -0.39 is 11.8 Å². The van der Waals surface area contributed by atoms with Crippen LogP contribution in [0.5, 0.6) is 5.75 Å². The summed E-state index contributed by atoms with van der Waals surface area (Å²) in [5.74, 6) is -2.58. The highest BCUT2D eigenvalue weighted by molar-refractivity contribution is 6.32. The van der Waals surface area contributed by atoms with E-state index in [1.54, 1.807) is 37.7 Å². The van der Waals surface area contributed by atoms with Crippen molar-refractivity contribution in [3.05, 3.63) is 41.7 Å². The fraction of sp³-hybridized carbons (Fsp3) is 0.350. The van der Waals surface area contributed by atoms with Crippen LogP contribution < -0.4 is 15.4 Å². The molecule has 3 heterocycles. The average molecular weight is 420 g/mol. The number of nitrogens with zero attached hydrogens (tertiary/aromatic N) is 3. The van der Waals surface area contributed by atoms with Gasteiger partial charge in [-0.2, -0.15) is 0 Å². The summed E-state index contributed by atoms with van der Waals surface area (Å²) in [6.45, 7) is 0.646. The third-order valence-electron chi connectivity index (χ3n) is 5.04. The number of hydrogen-bond acceptors (Lipinski definition) is 6. The largest absolute Gasteiger partial charge is 0.495 e. The number of alkyl halides is 2. The SMILES string of the molecule is COc1ccc(-c2cc3nccnc3c(NCC3CNCCC3(F)F)n2)cc1Cl. The van der Waals surface area contributed by atoms with Gasteiger partial charge in [0.05, 0.1) is 29.3 Å². The van der Waals surface area contributed by atoms with Gasteiger partial charge in [-0.05, 0) is 24.3 Å². The fourth-order valence-electron chi connectivity index (χ4n) is 3.40. The Morgan fingerprint density at radius 3 is 2.86 bits per heavy atom. The standard InChI is InChI=1S/C20H20ClF2N5O/c1-29-17-3-2-12(8-14(17)21)15-9-16-18(26-7-6-25-16)19(28-15)27-11-13-10-24-5-4-20(13,22)23/h2-3,6-9,13,24H,4-5,10-11H2,1H3,(H,27,28). The van der Waals surface area contributed by atoms with E-state index in [2.05, 4.69) is 25.6 Å². The van der Waals surface area contributed by atoms with Gasteiger partial charge >= 0.3 is 0 Å². The number of pyridine rings is 1. The van der Waals surface area contributed by atoms with Crippen LogP contribution in [-0.2, 0) is 0 Å². The Morgan fingerprint density at radius 1 is 1.28 bits per heavy atom. The molecule has 1 aliphatic heterocycles. The number of ether oxygens (including phenoxy) is 1. The number of hydrogen-bond donors (Lipinski definition) is 2. The van der Waals surface area contributed by atoms with E-state index in [1.165, 1.54) is 0 Å². The van der Waals surface area contributed by atoms with Crippen LogP contribution in [0.15, 0.2) is 36.7 Å². The van der Waals surface area contributed by atoms with Crippen molar-refractivity contribution < 1.29 is 13.5 Å². The molecule has 6 nitrogen and oxygen atoms in total. The first-order valence-electron chi connectivity index (χ1n) is 9.26. The minimum absolute atomic E-state index is 0.0749. The Morgan fingerprint density at radius 2 is 2.10 bits per heavy atom. The van der Waals surface area contributed by atoms with Crippen LogP contribution in [0, 0.1) is 5.92 Å². The molecule has 152 valence electrons. The smallest absolute Gasteiger partial charge is 0.255 e. The average Bonchev–Trinajstić information content (AvgIpc) is 2.72. The summed E-state index contributed by atoms with van der Waals surface area (Å²) in [7, 11) is 1.54. The van der Waals surface area contributed by atoms with Crippen molar-refractivity contribution in [2.75, 3.05) is 32.1 Å². The maximum atomic E-state index is 14.2. The van der Waals surface area contributed by atoms with Gasteiger partial charge in [-0.1, -0.05) is 11.6 Å². The lowest BCUT2D eigenvalue weighted by Crippen LogP contribution is -2.47. The number of nitrogens with one attached hydrogen (secondary N) is 2. The molecule has 2 N–H and O–H groups in total. The molecule has 4 rings (SSSR count). The molecule has 1 aromatic carbocycles. The highest BCUT2D eigenvalue weighted by atomic mass is 35.5. The second-order valence-corrected chi connectivity index (χ2v) is 7.33. The molecule has 0 radical (unpaired) electrons. The van der Waals surface area contributed by atoms with Crippen molar-refractivity contribution in [3.63, 3.8) is 0 Å². The van der Waals surface area contributed by atoms with Crippen LogP contribution >= 0.6 is 11.6 Å². The number of rotatable bonds is 5. The van der Waals surface area contributed by atoms with Crippen molar-refractivity contribution in [2.24, 2.45) is 5.92 Å². The summed E-state index contributed by atoms with van der Waals surface area (Å²) in [5.41, 5.74) is 2.51. The molecule has 2 aromatic heterocycles. The summed E-state index contributed by atoms with van der Waals surface area (Å²) in [6.07, 6.45) is 2.96. The molecule has 0 bridgehead atoms.